The third kappa shape index (κ3) is 12.6. The summed E-state index contributed by atoms with van der Waals surface area (Å²) in [5, 5.41) is 4.70. The van der Waals surface area contributed by atoms with Crippen molar-refractivity contribution in [2.45, 2.75) is 68.2 Å². The SMILES string of the molecule is C1CCOC1.Cc1c(-c2ccccc2)nc2c(ccc3c(C)c(C)c(-c4ccccc4)nc32)c1C.Cc1c(-c2ccccc2)nc2c(ccc3c(C)c(C)c(-c4ccccc4)nc32)c1C.F[P-](F)(F)(F)(F)F.[Cu+]. The third-order valence-corrected chi connectivity index (χ3v) is 13.5. The Kier molecular flexibility index (Phi) is 15.7. The molecule has 0 atom stereocenters. The Morgan fingerprint density at radius 3 is 0.671 bits per heavy atom. The molecule has 0 unspecified atom stereocenters. The molecule has 380 valence electrons. The predicted molar refractivity (Wildman–Crippen MR) is 287 cm³/mol. The van der Waals surface area contributed by atoms with Crippen molar-refractivity contribution < 1.29 is 47.0 Å². The topological polar surface area (TPSA) is 60.8 Å². The fourth-order valence-electron chi connectivity index (χ4n) is 9.14. The first-order valence-electron chi connectivity index (χ1n) is 23.8. The molecule has 0 amide bonds. The molecule has 0 bridgehead atoms. The molecular weight excluding hydrogens is 1000 g/mol. The fourth-order valence-corrected chi connectivity index (χ4v) is 9.14. The van der Waals surface area contributed by atoms with Crippen molar-refractivity contribution in [3.05, 3.63) is 190 Å². The van der Waals surface area contributed by atoms with Crippen molar-refractivity contribution in [2.75, 3.05) is 13.2 Å². The number of aryl methyl sites for hydroxylation is 4. The molecule has 13 heteroatoms. The fraction of sp³-hybridized carbons (Fsp3) is 0.200. The molecule has 73 heavy (non-hydrogen) atoms. The molecule has 1 saturated heterocycles. The van der Waals surface area contributed by atoms with Gasteiger partial charge in [-0.15, -0.1) is 0 Å². The van der Waals surface area contributed by atoms with Crippen molar-refractivity contribution in [3.63, 3.8) is 0 Å². The van der Waals surface area contributed by atoms with Gasteiger partial charge < -0.3 is 4.74 Å². The van der Waals surface area contributed by atoms with Crippen LogP contribution in [0.25, 0.3) is 88.6 Å². The van der Waals surface area contributed by atoms with Crippen molar-refractivity contribution in [3.8, 4) is 45.0 Å². The molecule has 0 radical (unpaired) electrons. The predicted octanol–water partition coefficient (Wildman–Crippen LogP) is 18.9. The standard InChI is InChI=1S/2C28H24N2.C4H8O.Cu.F6P/c2*1-17-19(3)25(21-11-7-5-8-12-21)29-27-23(17)15-16-24-18(2)20(4)26(30-28(24)27)22-13-9-6-10-14-22;1-2-4-5-3-1;;1-7(2,3,4,5)6/h2*5-16H,1-4H3;1-4H2;;/q;;;+1;-1. The molecule has 0 aliphatic carbocycles. The quantitative estimate of drug-likeness (QED) is 0.0761. The van der Waals surface area contributed by atoms with E-state index in [4.69, 9.17) is 24.7 Å². The maximum atomic E-state index is 9.87. The van der Waals surface area contributed by atoms with E-state index < -0.39 is 7.81 Å². The Balaban J connectivity index is 0.000000172. The number of halogens is 6. The number of rotatable bonds is 4. The average Bonchev–Trinajstić information content (AvgIpc) is 3.97. The number of fused-ring (bicyclic) bond motifs is 6. The Bertz CT molecular complexity index is 3160. The monoisotopic (exact) mass is 1060 g/mol. The Morgan fingerprint density at radius 1 is 0.315 bits per heavy atom. The smallest absolute Gasteiger partial charge is 1.00 e. The average molecular weight is 1060 g/mol. The molecule has 1 fully saturated rings. The molecule has 5 heterocycles. The summed E-state index contributed by atoms with van der Waals surface area (Å²) in [7, 11) is -10.7. The van der Waals surface area contributed by atoms with Crippen LogP contribution in [0.2, 0.25) is 0 Å². The number of nitrogens with zero attached hydrogens (tertiary/aromatic N) is 4. The third-order valence-electron chi connectivity index (χ3n) is 13.5. The number of hydrogen-bond acceptors (Lipinski definition) is 5. The summed E-state index contributed by atoms with van der Waals surface area (Å²) in [6.45, 7) is 19.4. The van der Waals surface area contributed by atoms with E-state index in [0.717, 1.165) is 80.3 Å². The first kappa shape index (κ1) is 54.2. The minimum absolute atomic E-state index is 0. The van der Waals surface area contributed by atoms with Crippen LogP contribution in [0, 0.1) is 55.4 Å². The van der Waals surface area contributed by atoms with Gasteiger partial charge in [-0.05, 0) is 113 Å². The number of benzene rings is 6. The first-order valence-corrected chi connectivity index (χ1v) is 25.9. The van der Waals surface area contributed by atoms with E-state index in [1.54, 1.807) is 0 Å². The van der Waals surface area contributed by atoms with Gasteiger partial charge in [-0.1, -0.05) is 146 Å². The van der Waals surface area contributed by atoms with E-state index in [1.165, 1.54) is 78.9 Å². The van der Waals surface area contributed by atoms with Gasteiger partial charge in [-0.2, -0.15) is 0 Å². The summed E-state index contributed by atoms with van der Waals surface area (Å²) >= 11 is 0. The van der Waals surface area contributed by atoms with E-state index in [9.17, 15) is 25.2 Å². The molecule has 0 spiro atoms. The molecule has 1 aliphatic heterocycles. The first-order chi connectivity index (χ1) is 34.1. The molecule has 0 N–H and O–H groups in total. The maximum absolute atomic E-state index is 10.7. The van der Waals surface area contributed by atoms with Crippen LogP contribution in [0.1, 0.15) is 57.3 Å². The zero-order valence-corrected chi connectivity index (χ0v) is 43.7. The molecular formula is C60H56CuF6N4OP. The second-order valence-electron chi connectivity index (χ2n) is 18.3. The van der Waals surface area contributed by atoms with Gasteiger partial charge in [0, 0.05) is 57.0 Å². The van der Waals surface area contributed by atoms with Crippen LogP contribution in [-0.4, -0.2) is 33.1 Å². The van der Waals surface area contributed by atoms with Crippen LogP contribution in [0.4, 0.5) is 25.2 Å². The second-order valence-corrected chi connectivity index (χ2v) is 20.2. The number of pyridine rings is 4. The summed E-state index contributed by atoms with van der Waals surface area (Å²) in [6.07, 6.45) is 2.56. The molecule has 10 aromatic rings. The van der Waals surface area contributed by atoms with Gasteiger partial charge in [-0.3, -0.25) is 0 Å². The Hall–Kier alpha value is -6.55. The summed E-state index contributed by atoms with van der Waals surface area (Å²) < 4.78 is 64.1. The van der Waals surface area contributed by atoms with Crippen molar-refractivity contribution in [1.82, 2.24) is 19.9 Å². The van der Waals surface area contributed by atoms with Gasteiger partial charge in [0.25, 0.3) is 0 Å². The van der Waals surface area contributed by atoms with Crippen molar-refractivity contribution in [1.29, 1.82) is 0 Å². The maximum Gasteiger partial charge on any atom is 1.00 e. The summed E-state index contributed by atoms with van der Waals surface area (Å²) in [5.41, 5.74) is 22.6. The minimum atomic E-state index is -10.7. The van der Waals surface area contributed by atoms with Crippen molar-refractivity contribution >= 4 is 51.4 Å². The zero-order valence-electron chi connectivity index (χ0n) is 41.9. The van der Waals surface area contributed by atoms with Crippen LogP contribution in [0.3, 0.4) is 0 Å². The van der Waals surface area contributed by atoms with Crippen LogP contribution >= 0.6 is 7.81 Å². The molecule has 5 nitrogen and oxygen atoms in total. The van der Waals surface area contributed by atoms with E-state index in [0.29, 0.717) is 0 Å². The molecule has 6 aromatic carbocycles. The molecule has 0 saturated carbocycles. The molecule has 4 aromatic heterocycles. The normalized spacial score (nSPS) is 13.2. The molecule has 1 aliphatic rings. The van der Waals surface area contributed by atoms with Crippen molar-refractivity contribution in [2.24, 2.45) is 0 Å². The second kappa shape index (κ2) is 21.1. The van der Waals surface area contributed by atoms with Gasteiger partial charge in [0.15, 0.2) is 0 Å². The van der Waals surface area contributed by atoms with Gasteiger partial charge in [0.05, 0.1) is 44.8 Å². The van der Waals surface area contributed by atoms with E-state index >= 15 is 0 Å². The number of hydrogen-bond donors (Lipinski definition) is 0. The number of ether oxygens (including phenoxy) is 1. The van der Waals surface area contributed by atoms with Gasteiger partial charge >= 0.3 is 50.1 Å². The van der Waals surface area contributed by atoms with Crippen LogP contribution in [-0.2, 0) is 21.8 Å². The largest absolute Gasteiger partial charge is 1.00 e. The summed E-state index contributed by atoms with van der Waals surface area (Å²) in [4.78, 5) is 20.7. The summed E-state index contributed by atoms with van der Waals surface area (Å²) in [6, 6.07) is 50.6. The van der Waals surface area contributed by atoms with E-state index in [1.807, 2.05) is 24.3 Å². The summed E-state index contributed by atoms with van der Waals surface area (Å²) in [5.74, 6) is 0. The van der Waals surface area contributed by atoms with Gasteiger partial charge in [-0.25, -0.2) is 19.9 Å². The van der Waals surface area contributed by atoms with Crippen LogP contribution < -0.4 is 0 Å². The van der Waals surface area contributed by atoms with Gasteiger partial charge in [0.1, 0.15) is 0 Å². The Morgan fingerprint density at radius 2 is 0.507 bits per heavy atom. The minimum Gasteiger partial charge on any atom is 1.00 e. The van der Waals surface area contributed by atoms with Gasteiger partial charge in [0.2, 0.25) is 0 Å². The molecule has 11 rings (SSSR count). The number of aromatic nitrogens is 4. The van der Waals surface area contributed by atoms with E-state index in [-0.39, 0.29) is 17.1 Å². The zero-order chi connectivity index (χ0) is 51.6. The van der Waals surface area contributed by atoms with Crippen LogP contribution in [0.15, 0.2) is 146 Å². The van der Waals surface area contributed by atoms with E-state index in [2.05, 4.69) is 177 Å². The Labute approximate surface area is 432 Å². The van der Waals surface area contributed by atoms with Crippen LogP contribution in [0.5, 0.6) is 0 Å².